The molecule has 0 heterocycles. The Morgan fingerprint density at radius 2 is 1.41 bits per heavy atom. The predicted octanol–water partition coefficient (Wildman–Crippen LogP) is 4.56. The summed E-state index contributed by atoms with van der Waals surface area (Å²) in [6.07, 6.45) is 1.55. The summed E-state index contributed by atoms with van der Waals surface area (Å²) in [6.45, 7) is 0. The van der Waals surface area contributed by atoms with E-state index in [1.165, 1.54) is 7.11 Å². The van der Waals surface area contributed by atoms with Crippen molar-refractivity contribution in [3.8, 4) is 0 Å². The van der Waals surface area contributed by atoms with Gasteiger partial charge in [0.25, 0.3) is 5.91 Å². The van der Waals surface area contributed by atoms with E-state index in [0.29, 0.717) is 22.6 Å². The maximum atomic E-state index is 12.4. The zero-order valence-corrected chi connectivity index (χ0v) is 15.8. The van der Waals surface area contributed by atoms with Crippen LogP contribution >= 0.6 is 0 Å². The van der Waals surface area contributed by atoms with Crippen molar-refractivity contribution in [1.82, 2.24) is 0 Å². The van der Waals surface area contributed by atoms with Crippen molar-refractivity contribution in [2.45, 2.75) is 0 Å². The topological polar surface area (TPSA) is 91.8 Å². The van der Waals surface area contributed by atoms with E-state index in [4.69, 9.17) is 0 Å². The lowest BCUT2D eigenvalue weighted by molar-refractivity contribution is 0.102. The Morgan fingerprint density at radius 3 is 2.10 bits per heavy atom. The number of hydrogen-bond donors (Lipinski definition) is 3. The second-order valence-electron chi connectivity index (χ2n) is 6.02. The number of rotatable bonds is 6. The van der Waals surface area contributed by atoms with Gasteiger partial charge in [0, 0.05) is 22.6 Å². The highest BCUT2D eigenvalue weighted by molar-refractivity contribution is 6.05. The fourth-order valence-electron chi connectivity index (χ4n) is 2.53. The monoisotopic (exact) mass is 388 g/mol. The first kappa shape index (κ1) is 19.6. The fraction of sp³-hybridized carbons (Fsp3) is 0.0455. The molecule has 29 heavy (non-hydrogen) atoms. The highest BCUT2D eigenvalue weighted by Gasteiger charge is 2.08. The van der Waals surface area contributed by atoms with Gasteiger partial charge in [0.15, 0.2) is 0 Å². The number of oxime groups is 1. The van der Waals surface area contributed by atoms with Crippen LogP contribution in [0.4, 0.5) is 21.9 Å². The molecule has 0 aliphatic carbocycles. The summed E-state index contributed by atoms with van der Waals surface area (Å²) in [4.78, 5) is 29.2. The van der Waals surface area contributed by atoms with Crippen LogP contribution in [0.1, 0.15) is 15.9 Å². The van der Waals surface area contributed by atoms with E-state index >= 15 is 0 Å². The van der Waals surface area contributed by atoms with E-state index in [1.54, 1.807) is 66.9 Å². The Morgan fingerprint density at radius 1 is 0.793 bits per heavy atom. The molecule has 146 valence electrons. The number of carbonyl (C=O) groups is 2. The average Bonchev–Trinajstić information content (AvgIpc) is 2.73. The lowest BCUT2D eigenvalue weighted by Gasteiger charge is -2.10. The van der Waals surface area contributed by atoms with E-state index in [-0.39, 0.29) is 11.9 Å². The third kappa shape index (κ3) is 5.93. The molecule has 0 bridgehead atoms. The van der Waals surface area contributed by atoms with Crippen molar-refractivity contribution < 1.29 is 14.4 Å². The van der Waals surface area contributed by atoms with Gasteiger partial charge in [-0.25, -0.2) is 4.79 Å². The summed E-state index contributed by atoms with van der Waals surface area (Å²) in [5.74, 6) is -0.258. The molecule has 0 radical (unpaired) electrons. The standard InChI is InChI=1S/C22H20N4O3/c1-29-23-15-16-10-12-17(13-11-16)21(27)24-19-8-5-9-20(14-19)26-22(28)25-18-6-3-2-4-7-18/h2-15H,1H3,(H,24,27)(H2,25,26,28)/b23-15+. The van der Waals surface area contributed by atoms with E-state index in [9.17, 15) is 9.59 Å². The summed E-state index contributed by atoms with van der Waals surface area (Å²) in [6, 6.07) is 22.6. The Bertz CT molecular complexity index is 1000. The third-order valence-corrected chi connectivity index (χ3v) is 3.89. The van der Waals surface area contributed by atoms with E-state index in [0.717, 1.165) is 5.56 Å². The Hall–Kier alpha value is -4.13. The number of amides is 3. The molecule has 0 fully saturated rings. The number of carbonyl (C=O) groups excluding carboxylic acids is 2. The molecule has 7 nitrogen and oxygen atoms in total. The van der Waals surface area contributed by atoms with Gasteiger partial charge < -0.3 is 20.8 Å². The summed E-state index contributed by atoms with van der Waals surface area (Å²) in [5.41, 5.74) is 3.13. The molecule has 0 aliphatic heterocycles. The minimum absolute atomic E-state index is 0.258. The fourth-order valence-corrected chi connectivity index (χ4v) is 2.53. The highest BCUT2D eigenvalue weighted by Crippen LogP contribution is 2.17. The van der Waals surface area contributed by atoms with Crippen LogP contribution in [0.25, 0.3) is 0 Å². The largest absolute Gasteiger partial charge is 0.399 e. The van der Waals surface area contributed by atoms with Crippen LogP contribution in [-0.4, -0.2) is 25.3 Å². The molecule has 3 N–H and O–H groups in total. The smallest absolute Gasteiger partial charge is 0.323 e. The van der Waals surface area contributed by atoms with Crippen molar-refractivity contribution in [3.05, 3.63) is 90.0 Å². The molecule has 0 unspecified atom stereocenters. The number of benzene rings is 3. The Kier molecular flexibility index (Phi) is 6.57. The van der Waals surface area contributed by atoms with Crippen molar-refractivity contribution in [3.63, 3.8) is 0 Å². The minimum Gasteiger partial charge on any atom is -0.399 e. The van der Waals surface area contributed by atoms with Gasteiger partial charge in [0.1, 0.15) is 7.11 Å². The van der Waals surface area contributed by atoms with Crippen LogP contribution < -0.4 is 16.0 Å². The maximum Gasteiger partial charge on any atom is 0.323 e. The van der Waals surface area contributed by atoms with Gasteiger partial charge in [-0.05, 0) is 48.0 Å². The van der Waals surface area contributed by atoms with Crippen molar-refractivity contribution in [2.24, 2.45) is 5.16 Å². The van der Waals surface area contributed by atoms with Crippen LogP contribution in [-0.2, 0) is 4.84 Å². The molecule has 3 amide bonds. The lowest BCUT2D eigenvalue weighted by Crippen LogP contribution is -2.19. The molecular formula is C22H20N4O3. The van der Waals surface area contributed by atoms with Crippen LogP contribution in [0.2, 0.25) is 0 Å². The normalized spacial score (nSPS) is 10.4. The molecule has 3 aromatic carbocycles. The van der Waals surface area contributed by atoms with Gasteiger partial charge in [0.05, 0.1) is 6.21 Å². The van der Waals surface area contributed by atoms with E-state index in [1.807, 2.05) is 18.2 Å². The molecule has 7 heteroatoms. The Balaban J connectivity index is 1.61. The zero-order valence-electron chi connectivity index (χ0n) is 15.8. The molecule has 0 spiro atoms. The van der Waals surface area contributed by atoms with Crippen molar-refractivity contribution in [1.29, 1.82) is 0 Å². The first-order valence-electron chi connectivity index (χ1n) is 8.85. The lowest BCUT2D eigenvalue weighted by atomic mass is 10.1. The minimum atomic E-state index is -0.368. The molecule has 3 aromatic rings. The average molecular weight is 388 g/mol. The summed E-state index contributed by atoms with van der Waals surface area (Å²) >= 11 is 0. The maximum absolute atomic E-state index is 12.4. The molecule has 0 atom stereocenters. The SMILES string of the molecule is CO/N=C/c1ccc(C(=O)Nc2cccc(NC(=O)Nc3ccccc3)c2)cc1. The number of urea groups is 1. The quantitative estimate of drug-likeness (QED) is 0.427. The zero-order chi connectivity index (χ0) is 20.5. The number of nitrogens with one attached hydrogen (secondary N) is 3. The molecule has 0 aliphatic rings. The molecular weight excluding hydrogens is 368 g/mol. The van der Waals surface area contributed by atoms with Crippen molar-refractivity contribution >= 4 is 35.2 Å². The Labute approximate surface area is 168 Å². The summed E-state index contributed by atoms with van der Waals surface area (Å²) in [7, 11) is 1.46. The van der Waals surface area contributed by atoms with Crippen LogP contribution in [0, 0.1) is 0 Å². The van der Waals surface area contributed by atoms with Crippen LogP contribution in [0.15, 0.2) is 84.0 Å². The molecule has 0 aromatic heterocycles. The van der Waals surface area contributed by atoms with Gasteiger partial charge in [-0.1, -0.05) is 41.6 Å². The van der Waals surface area contributed by atoms with Gasteiger partial charge in [0.2, 0.25) is 0 Å². The number of anilines is 3. The van der Waals surface area contributed by atoms with Gasteiger partial charge in [-0.2, -0.15) is 0 Å². The number of nitrogens with zero attached hydrogens (tertiary/aromatic N) is 1. The van der Waals surface area contributed by atoms with E-state index < -0.39 is 0 Å². The molecule has 3 rings (SSSR count). The van der Waals surface area contributed by atoms with Crippen LogP contribution in [0.3, 0.4) is 0 Å². The predicted molar refractivity (Wildman–Crippen MR) is 115 cm³/mol. The third-order valence-electron chi connectivity index (χ3n) is 3.89. The second kappa shape index (κ2) is 9.70. The summed E-state index contributed by atoms with van der Waals surface area (Å²) in [5, 5.41) is 12.0. The van der Waals surface area contributed by atoms with Crippen molar-refractivity contribution in [2.75, 3.05) is 23.1 Å². The first-order chi connectivity index (χ1) is 14.1. The van der Waals surface area contributed by atoms with Crippen LogP contribution in [0.5, 0.6) is 0 Å². The number of para-hydroxylation sites is 1. The second-order valence-corrected chi connectivity index (χ2v) is 6.02. The summed E-state index contributed by atoms with van der Waals surface area (Å²) < 4.78 is 0. The molecule has 0 saturated carbocycles. The van der Waals surface area contributed by atoms with Gasteiger partial charge in [-0.3, -0.25) is 4.79 Å². The number of hydrogen-bond acceptors (Lipinski definition) is 4. The van der Waals surface area contributed by atoms with Gasteiger partial charge >= 0.3 is 6.03 Å². The van der Waals surface area contributed by atoms with Gasteiger partial charge in [-0.15, -0.1) is 0 Å². The molecule has 0 saturated heterocycles. The first-order valence-corrected chi connectivity index (χ1v) is 8.85. The highest BCUT2D eigenvalue weighted by atomic mass is 16.6. The van der Waals surface area contributed by atoms with E-state index in [2.05, 4.69) is 25.9 Å².